The van der Waals surface area contributed by atoms with Gasteiger partial charge in [-0.25, -0.2) is 0 Å². The summed E-state index contributed by atoms with van der Waals surface area (Å²) < 4.78 is 0. The summed E-state index contributed by atoms with van der Waals surface area (Å²) in [6, 6.07) is 0.385. The first-order chi connectivity index (χ1) is 6.98. The highest BCUT2D eigenvalue weighted by atomic mass is 32.2. The second-order valence-corrected chi connectivity index (χ2v) is 6.24. The molecule has 0 aromatic carbocycles. The van der Waals surface area contributed by atoms with Gasteiger partial charge in [-0.2, -0.15) is 11.8 Å². The molecular weight excluding hydrogens is 206 g/mol. The van der Waals surface area contributed by atoms with Gasteiger partial charge in [0, 0.05) is 12.0 Å². The number of Topliss-reactive ketones (excluding diaryl/α,β-unsaturated/α-hetero) is 1. The minimum absolute atomic E-state index is 0.138. The summed E-state index contributed by atoms with van der Waals surface area (Å²) in [5.41, 5.74) is -0.229. The standard InChI is InChI=1S/C12H23NOS/c1-9(2)11(14)12(13-10(3)4)5-7-15-8-6-12/h9-10,13H,5-8H2,1-4H3. The first-order valence-corrected chi connectivity index (χ1v) is 7.03. The van der Waals surface area contributed by atoms with Crippen LogP contribution in [0.4, 0.5) is 0 Å². The average molecular weight is 229 g/mol. The molecule has 2 nitrogen and oxygen atoms in total. The molecule has 0 atom stereocenters. The van der Waals surface area contributed by atoms with Crippen molar-refractivity contribution in [3.05, 3.63) is 0 Å². The molecule has 1 N–H and O–H groups in total. The Morgan fingerprint density at radius 1 is 1.20 bits per heavy atom. The normalized spacial score (nSPS) is 20.9. The van der Waals surface area contributed by atoms with Crippen LogP contribution in [-0.4, -0.2) is 28.9 Å². The van der Waals surface area contributed by atoms with Crippen LogP contribution >= 0.6 is 11.8 Å². The van der Waals surface area contributed by atoms with Crippen molar-refractivity contribution in [2.75, 3.05) is 11.5 Å². The highest BCUT2D eigenvalue weighted by Gasteiger charge is 2.40. The first kappa shape index (κ1) is 13.0. The minimum atomic E-state index is -0.229. The molecule has 0 aromatic heterocycles. The lowest BCUT2D eigenvalue weighted by molar-refractivity contribution is -0.129. The van der Waals surface area contributed by atoms with Gasteiger partial charge < -0.3 is 5.32 Å². The summed E-state index contributed by atoms with van der Waals surface area (Å²) in [5, 5.41) is 3.51. The van der Waals surface area contributed by atoms with E-state index in [-0.39, 0.29) is 11.5 Å². The molecule has 1 aliphatic rings. The summed E-state index contributed by atoms with van der Waals surface area (Å²) in [4.78, 5) is 12.3. The Hall–Kier alpha value is -0.0200. The second kappa shape index (κ2) is 5.35. The number of rotatable bonds is 4. The Labute approximate surface area is 97.6 Å². The van der Waals surface area contributed by atoms with Crippen LogP contribution in [0.5, 0.6) is 0 Å². The van der Waals surface area contributed by atoms with Crippen LogP contribution in [-0.2, 0) is 4.79 Å². The quantitative estimate of drug-likeness (QED) is 0.803. The third kappa shape index (κ3) is 3.22. The van der Waals surface area contributed by atoms with Crippen LogP contribution < -0.4 is 5.32 Å². The Kier molecular flexibility index (Phi) is 4.65. The van der Waals surface area contributed by atoms with Crippen LogP contribution in [0.25, 0.3) is 0 Å². The number of ketones is 1. The second-order valence-electron chi connectivity index (χ2n) is 5.01. The lowest BCUT2D eigenvalue weighted by Gasteiger charge is -2.39. The molecule has 88 valence electrons. The van der Waals surface area contributed by atoms with Crippen molar-refractivity contribution in [2.24, 2.45) is 5.92 Å². The fourth-order valence-electron chi connectivity index (χ4n) is 2.29. The Bertz CT molecular complexity index is 220. The van der Waals surface area contributed by atoms with Gasteiger partial charge in [0.1, 0.15) is 0 Å². The number of nitrogens with one attached hydrogen (secondary N) is 1. The van der Waals surface area contributed by atoms with E-state index in [9.17, 15) is 4.79 Å². The minimum Gasteiger partial charge on any atom is -0.303 e. The number of carbonyl (C=O) groups excluding carboxylic acids is 1. The number of thioether (sulfide) groups is 1. The molecule has 3 heteroatoms. The van der Waals surface area contributed by atoms with Crippen LogP contribution in [0.1, 0.15) is 40.5 Å². The van der Waals surface area contributed by atoms with Gasteiger partial charge in [-0.1, -0.05) is 13.8 Å². The van der Waals surface area contributed by atoms with Gasteiger partial charge in [-0.05, 0) is 38.2 Å². The maximum Gasteiger partial charge on any atom is 0.155 e. The van der Waals surface area contributed by atoms with Gasteiger partial charge in [0.05, 0.1) is 5.54 Å². The molecule has 15 heavy (non-hydrogen) atoms. The van der Waals surface area contributed by atoms with Crippen LogP contribution in [0, 0.1) is 5.92 Å². The Balaban J connectivity index is 2.79. The highest BCUT2D eigenvalue weighted by Crippen LogP contribution is 2.30. The van der Waals surface area contributed by atoms with Gasteiger partial charge >= 0.3 is 0 Å². The SMILES string of the molecule is CC(C)NC1(C(=O)C(C)C)CCSCC1. The zero-order valence-corrected chi connectivity index (χ0v) is 11.1. The van der Waals surface area contributed by atoms with Gasteiger partial charge in [0.2, 0.25) is 0 Å². The van der Waals surface area contributed by atoms with Gasteiger partial charge in [-0.15, -0.1) is 0 Å². The van der Waals surface area contributed by atoms with E-state index in [0.29, 0.717) is 11.8 Å². The van der Waals surface area contributed by atoms with Crippen molar-refractivity contribution in [3.8, 4) is 0 Å². The van der Waals surface area contributed by atoms with Crippen LogP contribution in [0.3, 0.4) is 0 Å². The van der Waals surface area contributed by atoms with E-state index in [0.717, 1.165) is 24.3 Å². The summed E-state index contributed by atoms with van der Waals surface area (Å²) in [6.45, 7) is 8.26. The number of hydrogen-bond donors (Lipinski definition) is 1. The third-order valence-electron chi connectivity index (χ3n) is 2.91. The van der Waals surface area contributed by atoms with E-state index in [1.807, 2.05) is 25.6 Å². The molecule has 0 radical (unpaired) electrons. The maximum atomic E-state index is 12.3. The summed E-state index contributed by atoms with van der Waals surface area (Å²) >= 11 is 1.96. The van der Waals surface area contributed by atoms with Crippen LogP contribution in [0.15, 0.2) is 0 Å². The Morgan fingerprint density at radius 2 is 1.73 bits per heavy atom. The lowest BCUT2D eigenvalue weighted by atomic mass is 9.81. The monoisotopic (exact) mass is 229 g/mol. The molecule has 0 unspecified atom stereocenters. The smallest absolute Gasteiger partial charge is 0.155 e. The van der Waals surface area contributed by atoms with Gasteiger partial charge in [-0.3, -0.25) is 4.79 Å². The summed E-state index contributed by atoms with van der Waals surface area (Å²) in [7, 11) is 0. The van der Waals surface area contributed by atoms with Crippen molar-refractivity contribution in [2.45, 2.75) is 52.1 Å². The summed E-state index contributed by atoms with van der Waals surface area (Å²) in [5.74, 6) is 2.76. The molecule has 1 aliphatic heterocycles. The molecular formula is C12H23NOS. The largest absolute Gasteiger partial charge is 0.303 e. The predicted molar refractivity (Wildman–Crippen MR) is 67.4 cm³/mol. The molecule has 1 heterocycles. The topological polar surface area (TPSA) is 29.1 Å². The van der Waals surface area contributed by atoms with E-state index < -0.39 is 0 Å². The van der Waals surface area contributed by atoms with E-state index in [4.69, 9.17) is 0 Å². The maximum absolute atomic E-state index is 12.3. The first-order valence-electron chi connectivity index (χ1n) is 5.88. The van der Waals surface area contributed by atoms with Crippen molar-refractivity contribution in [1.29, 1.82) is 0 Å². The van der Waals surface area contributed by atoms with Gasteiger partial charge in [0.15, 0.2) is 5.78 Å². The van der Waals surface area contributed by atoms with Crippen molar-refractivity contribution < 1.29 is 4.79 Å². The fraction of sp³-hybridized carbons (Fsp3) is 0.917. The van der Waals surface area contributed by atoms with Crippen LogP contribution in [0.2, 0.25) is 0 Å². The highest BCUT2D eigenvalue weighted by molar-refractivity contribution is 7.99. The van der Waals surface area contributed by atoms with E-state index >= 15 is 0 Å². The van der Waals surface area contributed by atoms with Crippen molar-refractivity contribution in [1.82, 2.24) is 5.32 Å². The molecule has 0 spiro atoms. The molecule has 0 saturated carbocycles. The molecule has 0 bridgehead atoms. The molecule has 0 aliphatic carbocycles. The molecule has 1 saturated heterocycles. The van der Waals surface area contributed by atoms with E-state index in [2.05, 4.69) is 19.2 Å². The number of hydrogen-bond acceptors (Lipinski definition) is 3. The number of carbonyl (C=O) groups is 1. The summed E-state index contributed by atoms with van der Waals surface area (Å²) in [6.07, 6.45) is 1.99. The van der Waals surface area contributed by atoms with E-state index in [1.54, 1.807) is 0 Å². The zero-order chi connectivity index (χ0) is 11.5. The van der Waals surface area contributed by atoms with Crippen molar-refractivity contribution >= 4 is 17.5 Å². The molecule has 0 aromatic rings. The fourth-order valence-corrected chi connectivity index (χ4v) is 3.48. The Morgan fingerprint density at radius 3 is 2.13 bits per heavy atom. The zero-order valence-electron chi connectivity index (χ0n) is 10.3. The molecule has 1 rings (SSSR count). The lowest BCUT2D eigenvalue weighted by Crippen LogP contribution is -2.58. The molecule has 1 fully saturated rings. The van der Waals surface area contributed by atoms with E-state index in [1.165, 1.54) is 0 Å². The third-order valence-corrected chi connectivity index (χ3v) is 3.89. The predicted octanol–water partition coefficient (Wildman–Crippen LogP) is 2.48. The van der Waals surface area contributed by atoms with Crippen molar-refractivity contribution in [3.63, 3.8) is 0 Å². The average Bonchev–Trinajstić information content (AvgIpc) is 2.16. The van der Waals surface area contributed by atoms with Gasteiger partial charge in [0.25, 0.3) is 0 Å². The molecule has 0 amide bonds.